The first-order valence-electron chi connectivity index (χ1n) is 6.02. The lowest BCUT2D eigenvalue weighted by Gasteiger charge is -2.22. The third kappa shape index (κ3) is 2.97. The van der Waals surface area contributed by atoms with Gasteiger partial charge in [-0.1, -0.05) is 6.08 Å². The number of Topliss-reactive ketones (excluding diaryl/α,β-unsaturated/α-hetero) is 1. The molecule has 0 aromatic rings. The zero-order valence-electron chi connectivity index (χ0n) is 10.7. The highest BCUT2D eigenvalue weighted by molar-refractivity contribution is 6.05. The monoisotopic (exact) mass is 254 g/mol. The van der Waals surface area contributed by atoms with Crippen LogP contribution in [0.25, 0.3) is 0 Å². The summed E-state index contributed by atoms with van der Waals surface area (Å²) in [5.41, 5.74) is -1.10. The van der Waals surface area contributed by atoms with E-state index in [1.165, 1.54) is 19.3 Å². The largest absolute Gasteiger partial charge is 0.468 e. The minimum atomic E-state index is -1.10. The van der Waals surface area contributed by atoms with Crippen molar-refractivity contribution in [2.24, 2.45) is 5.41 Å². The SMILES string of the molecule is CCOC(=O)/C=C/CC1(C(=O)OC)CCCC1=O. The lowest BCUT2D eigenvalue weighted by molar-refractivity contribution is -0.156. The summed E-state index contributed by atoms with van der Waals surface area (Å²) >= 11 is 0. The summed E-state index contributed by atoms with van der Waals surface area (Å²) < 4.78 is 9.43. The Labute approximate surface area is 106 Å². The van der Waals surface area contributed by atoms with Gasteiger partial charge in [0.25, 0.3) is 0 Å². The highest BCUT2D eigenvalue weighted by Crippen LogP contribution is 2.39. The van der Waals surface area contributed by atoms with Crippen molar-refractivity contribution in [2.75, 3.05) is 13.7 Å². The van der Waals surface area contributed by atoms with Crippen LogP contribution >= 0.6 is 0 Å². The Morgan fingerprint density at radius 2 is 2.17 bits per heavy atom. The van der Waals surface area contributed by atoms with Crippen molar-refractivity contribution in [2.45, 2.75) is 32.6 Å². The first kappa shape index (κ1) is 14.4. The van der Waals surface area contributed by atoms with E-state index in [4.69, 9.17) is 9.47 Å². The second-order valence-electron chi connectivity index (χ2n) is 4.21. The predicted molar refractivity (Wildman–Crippen MR) is 63.7 cm³/mol. The molecule has 0 aromatic carbocycles. The lowest BCUT2D eigenvalue weighted by Crippen LogP contribution is -2.35. The number of ketones is 1. The maximum Gasteiger partial charge on any atom is 0.330 e. The molecular formula is C13H18O5. The van der Waals surface area contributed by atoms with E-state index in [1.807, 2.05) is 0 Å². The van der Waals surface area contributed by atoms with Gasteiger partial charge >= 0.3 is 11.9 Å². The average Bonchev–Trinajstić information content (AvgIpc) is 2.71. The Hall–Kier alpha value is -1.65. The second-order valence-corrected chi connectivity index (χ2v) is 4.21. The number of carbonyl (C=O) groups excluding carboxylic acids is 3. The highest BCUT2D eigenvalue weighted by Gasteiger charge is 2.48. The molecular weight excluding hydrogens is 236 g/mol. The Balaban J connectivity index is 2.72. The van der Waals surface area contributed by atoms with E-state index in [2.05, 4.69) is 0 Å². The summed E-state index contributed by atoms with van der Waals surface area (Å²) in [5.74, 6) is -1.09. The molecule has 0 heterocycles. The van der Waals surface area contributed by atoms with E-state index >= 15 is 0 Å². The van der Waals surface area contributed by atoms with Gasteiger partial charge in [-0.2, -0.15) is 0 Å². The maximum atomic E-state index is 11.8. The molecule has 0 saturated heterocycles. The van der Waals surface area contributed by atoms with Crippen LogP contribution in [0.1, 0.15) is 32.6 Å². The molecule has 0 aliphatic heterocycles. The van der Waals surface area contributed by atoms with E-state index < -0.39 is 17.4 Å². The molecule has 0 aromatic heterocycles. The van der Waals surface area contributed by atoms with Gasteiger partial charge in [-0.15, -0.1) is 0 Å². The van der Waals surface area contributed by atoms with Crippen molar-refractivity contribution >= 4 is 17.7 Å². The van der Waals surface area contributed by atoms with Crippen LogP contribution in [-0.4, -0.2) is 31.4 Å². The normalized spacial score (nSPS) is 23.3. The summed E-state index contributed by atoms with van der Waals surface area (Å²) in [6.07, 6.45) is 4.50. The van der Waals surface area contributed by atoms with Crippen molar-refractivity contribution < 1.29 is 23.9 Å². The molecule has 0 radical (unpaired) electrons. The van der Waals surface area contributed by atoms with Crippen molar-refractivity contribution in [1.29, 1.82) is 0 Å². The maximum absolute atomic E-state index is 11.8. The van der Waals surface area contributed by atoms with Crippen LogP contribution in [0.15, 0.2) is 12.2 Å². The molecule has 18 heavy (non-hydrogen) atoms. The van der Waals surface area contributed by atoms with Gasteiger partial charge in [0.15, 0.2) is 5.78 Å². The van der Waals surface area contributed by atoms with Crippen LogP contribution in [-0.2, 0) is 23.9 Å². The third-order valence-electron chi connectivity index (χ3n) is 3.12. The second kappa shape index (κ2) is 6.33. The first-order valence-corrected chi connectivity index (χ1v) is 6.02. The highest BCUT2D eigenvalue weighted by atomic mass is 16.5. The number of ether oxygens (including phenoxy) is 2. The van der Waals surface area contributed by atoms with Crippen LogP contribution in [0, 0.1) is 5.41 Å². The fraction of sp³-hybridized carbons (Fsp3) is 0.615. The van der Waals surface area contributed by atoms with Crippen LogP contribution in [0.5, 0.6) is 0 Å². The van der Waals surface area contributed by atoms with Gasteiger partial charge in [0, 0.05) is 12.5 Å². The summed E-state index contributed by atoms with van der Waals surface area (Å²) in [6.45, 7) is 2.01. The summed E-state index contributed by atoms with van der Waals surface area (Å²) in [6, 6.07) is 0. The number of methoxy groups -OCH3 is 1. The van der Waals surface area contributed by atoms with E-state index in [1.54, 1.807) is 6.92 Å². The van der Waals surface area contributed by atoms with Crippen molar-refractivity contribution in [3.05, 3.63) is 12.2 Å². The molecule has 100 valence electrons. The zero-order valence-corrected chi connectivity index (χ0v) is 10.7. The number of esters is 2. The molecule has 1 atom stereocenters. The molecule has 1 aliphatic rings. The van der Waals surface area contributed by atoms with E-state index in [0.717, 1.165) is 0 Å². The molecule has 1 rings (SSSR count). The molecule has 5 heteroatoms. The summed E-state index contributed by atoms with van der Waals surface area (Å²) in [4.78, 5) is 34.7. The van der Waals surface area contributed by atoms with Crippen molar-refractivity contribution in [3.8, 4) is 0 Å². The summed E-state index contributed by atoms with van der Waals surface area (Å²) in [7, 11) is 1.27. The van der Waals surface area contributed by atoms with Gasteiger partial charge in [0.1, 0.15) is 5.41 Å². The number of rotatable bonds is 5. The van der Waals surface area contributed by atoms with Crippen LogP contribution in [0.4, 0.5) is 0 Å². The average molecular weight is 254 g/mol. The van der Waals surface area contributed by atoms with Crippen molar-refractivity contribution in [3.63, 3.8) is 0 Å². The third-order valence-corrected chi connectivity index (χ3v) is 3.12. The van der Waals surface area contributed by atoms with Crippen LogP contribution in [0.2, 0.25) is 0 Å². The Morgan fingerprint density at radius 1 is 1.44 bits per heavy atom. The molecule has 0 bridgehead atoms. The Morgan fingerprint density at radius 3 is 2.67 bits per heavy atom. The standard InChI is InChI=1S/C13H18O5/c1-3-18-11(15)7-5-9-13(12(16)17-2)8-4-6-10(13)14/h5,7H,3-4,6,8-9H2,1-2H3/b7-5+. The Bertz CT molecular complexity index is 372. The molecule has 0 amide bonds. The summed E-state index contributed by atoms with van der Waals surface area (Å²) in [5, 5.41) is 0. The van der Waals surface area contributed by atoms with Gasteiger partial charge < -0.3 is 9.47 Å². The smallest absolute Gasteiger partial charge is 0.330 e. The van der Waals surface area contributed by atoms with E-state index in [-0.39, 0.29) is 12.2 Å². The predicted octanol–water partition coefficient (Wildman–Crippen LogP) is 1.41. The van der Waals surface area contributed by atoms with Gasteiger partial charge in [-0.3, -0.25) is 9.59 Å². The van der Waals surface area contributed by atoms with Crippen molar-refractivity contribution in [1.82, 2.24) is 0 Å². The molecule has 0 N–H and O–H groups in total. The molecule has 1 saturated carbocycles. The number of allylic oxidation sites excluding steroid dienone is 1. The zero-order chi connectivity index (χ0) is 13.6. The lowest BCUT2D eigenvalue weighted by atomic mass is 9.81. The van der Waals surface area contributed by atoms with Gasteiger partial charge in [0.2, 0.25) is 0 Å². The first-order chi connectivity index (χ1) is 8.56. The van der Waals surface area contributed by atoms with E-state index in [9.17, 15) is 14.4 Å². The van der Waals surface area contributed by atoms with Gasteiger partial charge in [-0.25, -0.2) is 4.79 Å². The minimum absolute atomic E-state index is 0.108. The fourth-order valence-corrected chi connectivity index (χ4v) is 2.19. The number of hydrogen-bond acceptors (Lipinski definition) is 5. The fourth-order valence-electron chi connectivity index (χ4n) is 2.19. The topological polar surface area (TPSA) is 69.7 Å². The molecule has 1 fully saturated rings. The molecule has 0 spiro atoms. The minimum Gasteiger partial charge on any atom is -0.468 e. The molecule has 1 aliphatic carbocycles. The molecule has 1 unspecified atom stereocenters. The van der Waals surface area contributed by atoms with Crippen LogP contribution < -0.4 is 0 Å². The van der Waals surface area contributed by atoms with Gasteiger partial charge in [0.05, 0.1) is 13.7 Å². The van der Waals surface area contributed by atoms with E-state index in [0.29, 0.717) is 25.9 Å². The van der Waals surface area contributed by atoms with Crippen LogP contribution in [0.3, 0.4) is 0 Å². The number of carbonyl (C=O) groups is 3. The number of hydrogen-bond donors (Lipinski definition) is 0. The molecule has 5 nitrogen and oxygen atoms in total. The Kier molecular flexibility index (Phi) is 5.07. The quantitative estimate of drug-likeness (QED) is 0.421. The van der Waals surface area contributed by atoms with Gasteiger partial charge in [-0.05, 0) is 26.2 Å².